The minimum atomic E-state index is -3.22. The molecule has 0 unspecified atom stereocenters. The summed E-state index contributed by atoms with van der Waals surface area (Å²) in [5.74, 6) is 0.149. The van der Waals surface area contributed by atoms with E-state index in [0.29, 0.717) is 11.6 Å². The first kappa shape index (κ1) is 17.1. The van der Waals surface area contributed by atoms with Crippen LogP contribution >= 0.6 is 0 Å². The van der Waals surface area contributed by atoms with Crippen LogP contribution in [-0.2, 0) is 16.4 Å². The van der Waals surface area contributed by atoms with Crippen molar-refractivity contribution in [3.8, 4) is 17.1 Å². The third kappa shape index (κ3) is 4.42. The molecule has 0 aliphatic carbocycles. The Kier molecular flexibility index (Phi) is 4.81. The zero-order valence-corrected chi connectivity index (χ0v) is 14.3. The van der Waals surface area contributed by atoms with E-state index in [2.05, 4.69) is 4.98 Å². The van der Waals surface area contributed by atoms with E-state index < -0.39 is 9.84 Å². The number of sulfone groups is 1. The SMILES string of the molecule is CS(=O)(=O)c1ccc(-c2cccc(OCc3ccc(F)cc3)n2)cc1. The van der Waals surface area contributed by atoms with Crippen LogP contribution in [0.4, 0.5) is 4.39 Å². The Balaban J connectivity index is 1.76. The van der Waals surface area contributed by atoms with Crippen molar-refractivity contribution >= 4 is 9.84 Å². The summed E-state index contributed by atoms with van der Waals surface area (Å²) < 4.78 is 41.6. The molecule has 3 aromatic rings. The van der Waals surface area contributed by atoms with Crippen molar-refractivity contribution in [3.05, 3.63) is 78.1 Å². The molecule has 4 nitrogen and oxygen atoms in total. The van der Waals surface area contributed by atoms with E-state index in [-0.39, 0.29) is 17.3 Å². The largest absolute Gasteiger partial charge is 0.473 e. The van der Waals surface area contributed by atoms with E-state index in [0.717, 1.165) is 11.1 Å². The minimum Gasteiger partial charge on any atom is -0.473 e. The molecular weight excluding hydrogens is 341 g/mol. The van der Waals surface area contributed by atoms with Crippen LogP contribution in [0.25, 0.3) is 11.3 Å². The normalized spacial score (nSPS) is 11.3. The van der Waals surface area contributed by atoms with Gasteiger partial charge in [-0.3, -0.25) is 0 Å². The molecule has 0 bridgehead atoms. The lowest BCUT2D eigenvalue weighted by atomic mass is 10.1. The summed E-state index contributed by atoms with van der Waals surface area (Å²) in [5.41, 5.74) is 2.31. The van der Waals surface area contributed by atoms with Crippen LogP contribution in [0, 0.1) is 5.82 Å². The highest BCUT2D eigenvalue weighted by atomic mass is 32.2. The Morgan fingerprint density at radius 2 is 1.64 bits per heavy atom. The minimum absolute atomic E-state index is 0.264. The summed E-state index contributed by atoms with van der Waals surface area (Å²) in [4.78, 5) is 4.69. The zero-order chi connectivity index (χ0) is 17.9. The van der Waals surface area contributed by atoms with E-state index >= 15 is 0 Å². The van der Waals surface area contributed by atoms with Crippen LogP contribution in [0.1, 0.15) is 5.56 Å². The van der Waals surface area contributed by atoms with Gasteiger partial charge in [-0.25, -0.2) is 17.8 Å². The molecule has 0 radical (unpaired) electrons. The van der Waals surface area contributed by atoms with Gasteiger partial charge in [0.2, 0.25) is 5.88 Å². The maximum Gasteiger partial charge on any atom is 0.214 e. The first-order valence-corrected chi connectivity index (χ1v) is 9.46. The third-order valence-corrected chi connectivity index (χ3v) is 4.73. The maximum absolute atomic E-state index is 12.9. The van der Waals surface area contributed by atoms with Gasteiger partial charge >= 0.3 is 0 Å². The summed E-state index contributed by atoms with van der Waals surface area (Å²) >= 11 is 0. The first-order chi connectivity index (χ1) is 11.9. The fraction of sp³-hybridized carbons (Fsp3) is 0.105. The van der Waals surface area contributed by atoms with Crippen molar-refractivity contribution in [1.29, 1.82) is 0 Å². The highest BCUT2D eigenvalue weighted by Crippen LogP contribution is 2.22. The third-order valence-electron chi connectivity index (χ3n) is 3.60. The second-order valence-electron chi connectivity index (χ2n) is 5.57. The number of rotatable bonds is 5. The molecule has 1 aromatic heterocycles. The van der Waals surface area contributed by atoms with E-state index in [4.69, 9.17) is 4.74 Å². The molecule has 2 aromatic carbocycles. The predicted octanol–water partition coefficient (Wildman–Crippen LogP) is 3.87. The smallest absolute Gasteiger partial charge is 0.214 e. The highest BCUT2D eigenvalue weighted by molar-refractivity contribution is 7.90. The molecule has 3 rings (SSSR count). The number of nitrogens with zero attached hydrogens (tertiary/aromatic N) is 1. The molecule has 1 heterocycles. The van der Waals surface area contributed by atoms with E-state index in [1.54, 1.807) is 42.5 Å². The number of ether oxygens (including phenoxy) is 1. The molecule has 0 atom stereocenters. The van der Waals surface area contributed by atoms with Crippen molar-refractivity contribution in [1.82, 2.24) is 4.98 Å². The molecular formula is C19H16FNO3S. The van der Waals surface area contributed by atoms with Gasteiger partial charge in [0.05, 0.1) is 10.6 Å². The van der Waals surface area contributed by atoms with E-state index in [1.165, 1.54) is 18.4 Å². The Hall–Kier alpha value is -2.73. The number of halogens is 1. The van der Waals surface area contributed by atoms with Crippen molar-refractivity contribution in [2.75, 3.05) is 6.26 Å². The van der Waals surface area contributed by atoms with Gasteiger partial charge in [-0.05, 0) is 35.9 Å². The van der Waals surface area contributed by atoms with Crippen molar-refractivity contribution in [2.24, 2.45) is 0 Å². The lowest BCUT2D eigenvalue weighted by Crippen LogP contribution is -1.98. The molecule has 0 fully saturated rings. The summed E-state index contributed by atoms with van der Waals surface area (Å²) in [6.45, 7) is 0.281. The van der Waals surface area contributed by atoms with Gasteiger partial charge in [-0.1, -0.05) is 30.3 Å². The van der Waals surface area contributed by atoms with Crippen LogP contribution in [-0.4, -0.2) is 19.7 Å². The second kappa shape index (κ2) is 7.03. The monoisotopic (exact) mass is 357 g/mol. The average Bonchev–Trinajstić information content (AvgIpc) is 2.61. The van der Waals surface area contributed by atoms with E-state index in [9.17, 15) is 12.8 Å². The second-order valence-corrected chi connectivity index (χ2v) is 7.59. The van der Waals surface area contributed by atoms with Gasteiger partial charge in [0.1, 0.15) is 12.4 Å². The standard InChI is InChI=1S/C19H16FNO3S/c1-25(22,23)17-11-7-15(8-12-17)18-3-2-4-19(21-18)24-13-14-5-9-16(20)10-6-14/h2-12H,13H2,1H3. The van der Waals surface area contributed by atoms with Gasteiger partial charge in [-0.2, -0.15) is 0 Å². The molecule has 0 aliphatic rings. The summed E-state index contributed by atoms with van der Waals surface area (Å²) in [5, 5.41) is 0. The molecule has 0 saturated carbocycles. The summed E-state index contributed by atoms with van der Waals surface area (Å²) in [6.07, 6.45) is 1.17. The van der Waals surface area contributed by atoms with Crippen LogP contribution in [0.15, 0.2) is 71.6 Å². The molecule has 0 N–H and O–H groups in total. The number of benzene rings is 2. The summed E-state index contributed by atoms with van der Waals surface area (Å²) in [6, 6.07) is 18.0. The van der Waals surface area contributed by atoms with Crippen LogP contribution in [0.3, 0.4) is 0 Å². The topological polar surface area (TPSA) is 56.3 Å². The van der Waals surface area contributed by atoms with Crippen molar-refractivity contribution < 1.29 is 17.5 Å². The Morgan fingerprint density at radius 1 is 0.960 bits per heavy atom. The maximum atomic E-state index is 12.9. The lowest BCUT2D eigenvalue weighted by Gasteiger charge is -2.08. The molecule has 0 spiro atoms. The molecule has 0 aliphatic heterocycles. The fourth-order valence-corrected chi connectivity index (χ4v) is 2.90. The average molecular weight is 357 g/mol. The Morgan fingerprint density at radius 3 is 2.28 bits per heavy atom. The molecule has 0 saturated heterocycles. The number of hydrogen-bond acceptors (Lipinski definition) is 4. The molecule has 25 heavy (non-hydrogen) atoms. The lowest BCUT2D eigenvalue weighted by molar-refractivity contribution is 0.294. The summed E-state index contributed by atoms with van der Waals surface area (Å²) in [7, 11) is -3.22. The molecule has 6 heteroatoms. The number of aromatic nitrogens is 1. The van der Waals surface area contributed by atoms with Crippen molar-refractivity contribution in [2.45, 2.75) is 11.5 Å². The zero-order valence-electron chi connectivity index (χ0n) is 13.5. The van der Waals surface area contributed by atoms with Crippen LogP contribution in [0.5, 0.6) is 5.88 Å². The fourth-order valence-electron chi connectivity index (χ4n) is 2.27. The van der Waals surface area contributed by atoms with Crippen molar-refractivity contribution in [3.63, 3.8) is 0 Å². The van der Waals surface area contributed by atoms with Gasteiger partial charge < -0.3 is 4.74 Å². The number of hydrogen-bond donors (Lipinski definition) is 0. The molecule has 128 valence electrons. The van der Waals surface area contributed by atoms with Crippen LogP contribution < -0.4 is 4.74 Å². The Labute approximate surface area is 145 Å². The van der Waals surface area contributed by atoms with Gasteiger partial charge in [0.15, 0.2) is 9.84 Å². The van der Waals surface area contributed by atoms with E-state index in [1.807, 2.05) is 12.1 Å². The molecule has 0 amide bonds. The highest BCUT2D eigenvalue weighted by Gasteiger charge is 2.08. The van der Waals surface area contributed by atoms with Crippen LogP contribution in [0.2, 0.25) is 0 Å². The number of pyridine rings is 1. The Bertz CT molecular complexity index is 968. The van der Waals surface area contributed by atoms with Gasteiger partial charge in [0, 0.05) is 17.9 Å². The predicted molar refractivity (Wildman–Crippen MR) is 93.5 cm³/mol. The quantitative estimate of drug-likeness (QED) is 0.696. The first-order valence-electron chi connectivity index (χ1n) is 7.57. The van der Waals surface area contributed by atoms with Gasteiger partial charge in [0.25, 0.3) is 0 Å². The van der Waals surface area contributed by atoms with Gasteiger partial charge in [-0.15, -0.1) is 0 Å².